The van der Waals surface area contributed by atoms with Crippen molar-refractivity contribution >= 4 is 16.7 Å². The Hall–Kier alpha value is -2.42. The van der Waals surface area contributed by atoms with Gasteiger partial charge in [-0.2, -0.15) is 0 Å². The van der Waals surface area contributed by atoms with Gasteiger partial charge in [0.2, 0.25) is 5.95 Å². The molecule has 0 aliphatic rings. The Morgan fingerprint density at radius 3 is 2.70 bits per heavy atom. The van der Waals surface area contributed by atoms with E-state index in [1.54, 1.807) is 0 Å². The van der Waals surface area contributed by atoms with Crippen molar-refractivity contribution in [3.8, 4) is 11.3 Å². The number of rotatable bonds is 3. The number of fused-ring (bicyclic) bond motifs is 1. The van der Waals surface area contributed by atoms with Crippen LogP contribution < -0.4 is 5.32 Å². The van der Waals surface area contributed by atoms with Crippen LogP contribution in [0.4, 0.5) is 5.95 Å². The predicted octanol–water partition coefficient (Wildman–Crippen LogP) is 4.04. The number of hydrogen-bond acceptors (Lipinski definition) is 3. The Morgan fingerprint density at radius 2 is 1.85 bits per heavy atom. The minimum atomic E-state index is 0.682. The molecule has 3 nitrogen and oxygen atoms in total. The monoisotopic (exact) mass is 263 g/mol. The fraction of sp³-hybridized carbons (Fsp3) is 0.176. The van der Waals surface area contributed by atoms with Crippen LogP contribution in [0, 0.1) is 6.92 Å². The van der Waals surface area contributed by atoms with Crippen molar-refractivity contribution in [2.24, 2.45) is 0 Å². The molecule has 0 unspecified atom stereocenters. The second kappa shape index (κ2) is 5.29. The molecule has 1 aromatic heterocycles. The van der Waals surface area contributed by atoms with Crippen LogP contribution in [0.3, 0.4) is 0 Å². The zero-order valence-corrected chi connectivity index (χ0v) is 11.7. The average molecular weight is 263 g/mol. The second-order valence-corrected chi connectivity index (χ2v) is 4.78. The van der Waals surface area contributed by atoms with Gasteiger partial charge in [-0.25, -0.2) is 9.97 Å². The molecule has 0 spiro atoms. The van der Waals surface area contributed by atoms with Crippen LogP contribution in [-0.2, 0) is 0 Å². The largest absolute Gasteiger partial charge is 0.354 e. The fourth-order valence-electron chi connectivity index (χ4n) is 2.39. The molecule has 1 N–H and O–H groups in total. The Morgan fingerprint density at radius 1 is 1.05 bits per heavy atom. The van der Waals surface area contributed by atoms with Gasteiger partial charge in [0.25, 0.3) is 0 Å². The molecule has 0 fully saturated rings. The SMILES string of the molecule is CCNc1ncc(C)c(-c2cccc3ccccc23)n1. The van der Waals surface area contributed by atoms with Crippen molar-refractivity contribution < 1.29 is 0 Å². The van der Waals surface area contributed by atoms with E-state index >= 15 is 0 Å². The molecule has 0 bridgehead atoms. The second-order valence-electron chi connectivity index (χ2n) is 4.78. The summed E-state index contributed by atoms with van der Waals surface area (Å²) in [5, 5.41) is 5.62. The molecule has 20 heavy (non-hydrogen) atoms. The molecule has 0 radical (unpaired) electrons. The number of hydrogen-bond donors (Lipinski definition) is 1. The van der Waals surface area contributed by atoms with Crippen LogP contribution in [0.15, 0.2) is 48.7 Å². The van der Waals surface area contributed by atoms with Crippen molar-refractivity contribution in [1.29, 1.82) is 0 Å². The lowest BCUT2D eigenvalue weighted by Crippen LogP contribution is -2.03. The van der Waals surface area contributed by atoms with Crippen molar-refractivity contribution in [3.63, 3.8) is 0 Å². The van der Waals surface area contributed by atoms with Crippen LogP contribution in [0.2, 0.25) is 0 Å². The van der Waals surface area contributed by atoms with Gasteiger partial charge in [-0.3, -0.25) is 0 Å². The highest BCUT2D eigenvalue weighted by atomic mass is 15.1. The number of nitrogens with one attached hydrogen (secondary N) is 1. The molecule has 0 atom stereocenters. The van der Waals surface area contributed by atoms with Crippen LogP contribution in [-0.4, -0.2) is 16.5 Å². The smallest absolute Gasteiger partial charge is 0.223 e. The maximum Gasteiger partial charge on any atom is 0.223 e. The normalized spacial score (nSPS) is 10.7. The lowest BCUT2D eigenvalue weighted by Gasteiger charge is -2.10. The van der Waals surface area contributed by atoms with Crippen molar-refractivity contribution in [3.05, 3.63) is 54.2 Å². The summed E-state index contributed by atoms with van der Waals surface area (Å²) in [6.45, 7) is 4.91. The molecule has 0 saturated carbocycles. The predicted molar refractivity (Wildman–Crippen MR) is 83.9 cm³/mol. The van der Waals surface area contributed by atoms with E-state index in [9.17, 15) is 0 Å². The maximum absolute atomic E-state index is 4.66. The van der Waals surface area contributed by atoms with E-state index in [1.165, 1.54) is 10.8 Å². The van der Waals surface area contributed by atoms with Gasteiger partial charge in [0.1, 0.15) is 0 Å². The van der Waals surface area contributed by atoms with Crippen molar-refractivity contribution in [2.45, 2.75) is 13.8 Å². The molecular weight excluding hydrogens is 246 g/mol. The third-order valence-electron chi connectivity index (χ3n) is 3.35. The quantitative estimate of drug-likeness (QED) is 0.775. The van der Waals surface area contributed by atoms with Crippen LogP contribution in [0.1, 0.15) is 12.5 Å². The molecule has 3 rings (SSSR count). The first-order chi connectivity index (χ1) is 9.79. The van der Waals surface area contributed by atoms with Gasteiger partial charge >= 0.3 is 0 Å². The van der Waals surface area contributed by atoms with E-state index in [0.29, 0.717) is 5.95 Å². The summed E-state index contributed by atoms with van der Waals surface area (Å²) in [7, 11) is 0. The molecule has 0 saturated heterocycles. The lowest BCUT2D eigenvalue weighted by atomic mass is 10.00. The van der Waals surface area contributed by atoms with Gasteiger partial charge in [-0.1, -0.05) is 42.5 Å². The number of aromatic nitrogens is 2. The Kier molecular flexibility index (Phi) is 3.33. The number of aryl methyl sites for hydroxylation is 1. The summed E-state index contributed by atoms with van der Waals surface area (Å²) in [6, 6.07) is 14.7. The van der Waals surface area contributed by atoms with Gasteiger partial charge in [-0.15, -0.1) is 0 Å². The Bertz CT molecular complexity index is 745. The van der Waals surface area contributed by atoms with Crippen LogP contribution >= 0.6 is 0 Å². The number of benzene rings is 2. The fourth-order valence-corrected chi connectivity index (χ4v) is 2.39. The molecule has 0 aliphatic heterocycles. The van der Waals surface area contributed by atoms with Gasteiger partial charge in [0, 0.05) is 18.3 Å². The summed E-state index contributed by atoms with van der Waals surface area (Å²) in [6.07, 6.45) is 1.88. The zero-order valence-electron chi connectivity index (χ0n) is 11.7. The number of nitrogens with zero attached hydrogens (tertiary/aromatic N) is 2. The summed E-state index contributed by atoms with van der Waals surface area (Å²) in [5.41, 5.74) is 3.23. The van der Waals surface area contributed by atoms with Crippen molar-refractivity contribution in [2.75, 3.05) is 11.9 Å². The topological polar surface area (TPSA) is 37.8 Å². The summed E-state index contributed by atoms with van der Waals surface area (Å²) in [5.74, 6) is 0.682. The first-order valence-electron chi connectivity index (χ1n) is 6.85. The molecule has 100 valence electrons. The summed E-state index contributed by atoms with van der Waals surface area (Å²) in [4.78, 5) is 8.97. The first-order valence-corrected chi connectivity index (χ1v) is 6.85. The Balaban J connectivity index is 2.22. The molecule has 2 aromatic carbocycles. The molecule has 3 heteroatoms. The van der Waals surface area contributed by atoms with E-state index in [-0.39, 0.29) is 0 Å². The van der Waals surface area contributed by atoms with Crippen LogP contribution in [0.25, 0.3) is 22.0 Å². The van der Waals surface area contributed by atoms with Gasteiger partial charge in [0.15, 0.2) is 0 Å². The highest BCUT2D eigenvalue weighted by Crippen LogP contribution is 2.29. The summed E-state index contributed by atoms with van der Waals surface area (Å²) >= 11 is 0. The van der Waals surface area contributed by atoms with E-state index in [0.717, 1.165) is 23.4 Å². The Labute approximate surface area is 118 Å². The summed E-state index contributed by atoms with van der Waals surface area (Å²) < 4.78 is 0. The third-order valence-corrected chi connectivity index (χ3v) is 3.35. The van der Waals surface area contributed by atoms with E-state index in [2.05, 4.69) is 57.7 Å². The van der Waals surface area contributed by atoms with E-state index in [1.807, 2.05) is 20.0 Å². The highest BCUT2D eigenvalue weighted by molar-refractivity contribution is 5.96. The van der Waals surface area contributed by atoms with Gasteiger partial charge in [-0.05, 0) is 30.2 Å². The average Bonchev–Trinajstić information content (AvgIpc) is 2.49. The maximum atomic E-state index is 4.66. The lowest BCUT2D eigenvalue weighted by molar-refractivity contribution is 1.07. The molecule has 0 aliphatic carbocycles. The number of anilines is 1. The van der Waals surface area contributed by atoms with E-state index in [4.69, 9.17) is 0 Å². The molecular formula is C17H17N3. The standard InChI is InChI=1S/C17H17N3/c1-3-18-17-19-11-12(2)16(20-17)15-10-6-8-13-7-4-5-9-14(13)15/h4-11H,3H2,1-2H3,(H,18,19,20). The molecule has 0 amide bonds. The molecule has 1 heterocycles. The molecule has 3 aromatic rings. The minimum absolute atomic E-state index is 0.682. The van der Waals surface area contributed by atoms with Gasteiger partial charge in [0.05, 0.1) is 5.69 Å². The minimum Gasteiger partial charge on any atom is -0.354 e. The zero-order chi connectivity index (χ0) is 13.9. The van der Waals surface area contributed by atoms with Crippen LogP contribution in [0.5, 0.6) is 0 Å². The highest BCUT2D eigenvalue weighted by Gasteiger charge is 2.09. The van der Waals surface area contributed by atoms with Gasteiger partial charge < -0.3 is 5.32 Å². The van der Waals surface area contributed by atoms with E-state index < -0.39 is 0 Å². The first kappa shape index (κ1) is 12.6. The third kappa shape index (κ3) is 2.23. The van der Waals surface area contributed by atoms with Crippen molar-refractivity contribution in [1.82, 2.24) is 9.97 Å².